The lowest BCUT2D eigenvalue weighted by Crippen LogP contribution is -2.52. The van der Waals surface area contributed by atoms with Crippen LogP contribution in [0.5, 0.6) is 0 Å². The van der Waals surface area contributed by atoms with Crippen LogP contribution in [0.3, 0.4) is 0 Å². The molecule has 2 aliphatic rings. The summed E-state index contributed by atoms with van der Waals surface area (Å²) >= 11 is 7.42. The van der Waals surface area contributed by atoms with E-state index in [0.717, 1.165) is 22.0 Å². The van der Waals surface area contributed by atoms with E-state index in [9.17, 15) is 27.6 Å². The number of hydrogen-bond acceptors (Lipinski definition) is 6. The molecule has 2 aliphatic heterocycles. The van der Waals surface area contributed by atoms with Crippen molar-refractivity contribution in [2.24, 2.45) is 0 Å². The van der Waals surface area contributed by atoms with E-state index in [1.807, 2.05) is 12.1 Å². The highest BCUT2D eigenvalue weighted by atomic mass is 35.5. The Kier molecular flexibility index (Phi) is 6.59. The number of fused-ring (bicyclic) bond motifs is 1. The molecule has 0 radical (unpaired) electrons. The Morgan fingerprint density at radius 2 is 2.00 bits per heavy atom. The van der Waals surface area contributed by atoms with Crippen molar-refractivity contribution in [3.63, 3.8) is 0 Å². The first-order valence-electron chi connectivity index (χ1n) is 9.99. The highest BCUT2D eigenvalue weighted by molar-refractivity contribution is 7.16. The summed E-state index contributed by atoms with van der Waals surface area (Å²) < 4.78 is 38.4. The first-order valence-corrected chi connectivity index (χ1v) is 11.2. The van der Waals surface area contributed by atoms with Crippen LogP contribution in [0, 0.1) is 0 Å². The summed E-state index contributed by atoms with van der Waals surface area (Å²) in [5.41, 5.74) is -0.670. The second kappa shape index (κ2) is 9.27. The SMILES string of the molecule is O=C(CN1C(=O)C2CN(Cc3ccc(Cl)s3)CCN2C1=O)NCc1ccc(C(F)(F)F)nc1. The first kappa shape index (κ1) is 23.5. The largest absolute Gasteiger partial charge is 0.433 e. The van der Waals surface area contributed by atoms with Crippen LogP contribution in [-0.4, -0.2) is 69.8 Å². The van der Waals surface area contributed by atoms with Gasteiger partial charge in [0.1, 0.15) is 18.3 Å². The number of nitrogens with one attached hydrogen (secondary N) is 1. The Hall–Kier alpha value is -2.70. The van der Waals surface area contributed by atoms with Gasteiger partial charge < -0.3 is 10.2 Å². The average Bonchev–Trinajstić information content (AvgIpc) is 3.28. The van der Waals surface area contributed by atoms with Gasteiger partial charge in [0.25, 0.3) is 5.91 Å². The summed E-state index contributed by atoms with van der Waals surface area (Å²) in [5, 5.41) is 2.50. The number of nitrogens with zero attached hydrogens (tertiary/aromatic N) is 4. The van der Waals surface area contributed by atoms with E-state index in [2.05, 4.69) is 15.2 Å². The van der Waals surface area contributed by atoms with Gasteiger partial charge in [0, 0.05) is 43.8 Å². The van der Waals surface area contributed by atoms with Crippen LogP contribution in [0.15, 0.2) is 30.5 Å². The fourth-order valence-corrected chi connectivity index (χ4v) is 4.88. The number of piperazine rings is 1. The van der Waals surface area contributed by atoms with Gasteiger partial charge in [-0.05, 0) is 23.8 Å². The normalized spacial score (nSPS) is 19.2. The number of thiophene rings is 1. The molecular weight excluding hydrogens is 483 g/mol. The number of alkyl halides is 3. The first-order chi connectivity index (χ1) is 15.6. The molecule has 4 rings (SSSR count). The summed E-state index contributed by atoms with van der Waals surface area (Å²) in [5.74, 6) is -1.04. The van der Waals surface area contributed by atoms with Crippen molar-refractivity contribution in [1.29, 1.82) is 0 Å². The lowest BCUT2D eigenvalue weighted by molar-refractivity contribution is -0.141. The van der Waals surface area contributed by atoms with Crippen molar-refractivity contribution in [2.75, 3.05) is 26.2 Å². The number of rotatable bonds is 6. The van der Waals surface area contributed by atoms with Gasteiger partial charge in [0.15, 0.2) is 0 Å². The summed E-state index contributed by atoms with van der Waals surface area (Å²) in [6, 6.07) is 4.58. The highest BCUT2D eigenvalue weighted by Crippen LogP contribution is 2.28. The molecule has 0 saturated carbocycles. The molecule has 4 amide bonds. The van der Waals surface area contributed by atoms with Crippen LogP contribution >= 0.6 is 22.9 Å². The van der Waals surface area contributed by atoms with Crippen LogP contribution in [0.25, 0.3) is 0 Å². The molecule has 2 saturated heterocycles. The van der Waals surface area contributed by atoms with E-state index in [4.69, 9.17) is 11.6 Å². The Bertz CT molecular complexity index is 1060. The molecule has 176 valence electrons. The molecule has 0 aliphatic carbocycles. The van der Waals surface area contributed by atoms with E-state index in [0.29, 0.717) is 36.1 Å². The zero-order valence-electron chi connectivity index (χ0n) is 17.1. The summed E-state index contributed by atoms with van der Waals surface area (Å²) in [6.45, 7) is 1.39. The lowest BCUT2D eigenvalue weighted by Gasteiger charge is -2.35. The monoisotopic (exact) mass is 501 g/mol. The molecule has 1 unspecified atom stereocenters. The number of pyridine rings is 1. The van der Waals surface area contributed by atoms with Gasteiger partial charge in [-0.2, -0.15) is 13.2 Å². The molecule has 13 heteroatoms. The van der Waals surface area contributed by atoms with Crippen molar-refractivity contribution in [3.05, 3.63) is 50.9 Å². The van der Waals surface area contributed by atoms with Crippen molar-refractivity contribution >= 4 is 40.8 Å². The molecule has 1 atom stereocenters. The molecule has 8 nitrogen and oxygen atoms in total. The van der Waals surface area contributed by atoms with Crippen LogP contribution in [0.4, 0.5) is 18.0 Å². The molecule has 0 bridgehead atoms. The third-order valence-corrected chi connectivity index (χ3v) is 6.62. The molecule has 2 aromatic heterocycles. The number of halogens is 4. The molecule has 2 fully saturated rings. The predicted molar refractivity (Wildman–Crippen MR) is 113 cm³/mol. The number of carbonyl (C=O) groups excluding carboxylic acids is 3. The Morgan fingerprint density at radius 3 is 2.64 bits per heavy atom. The molecule has 0 spiro atoms. The smallest absolute Gasteiger partial charge is 0.350 e. The van der Waals surface area contributed by atoms with Crippen LogP contribution < -0.4 is 5.32 Å². The van der Waals surface area contributed by atoms with Crippen molar-refractivity contribution in [3.8, 4) is 0 Å². The number of urea groups is 1. The summed E-state index contributed by atoms with van der Waals surface area (Å²) in [7, 11) is 0. The molecule has 4 heterocycles. The van der Waals surface area contributed by atoms with Crippen molar-refractivity contribution < 1.29 is 27.6 Å². The van der Waals surface area contributed by atoms with Gasteiger partial charge in [0.2, 0.25) is 5.91 Å². The van der Waals surface area contributed by atoms with Crippen molar-refractivity contribution in [1.82, 2.24) is 25.0 Å². The maximum atomic E-state index is 12.8. The van der Waals surface area contributed by atoms with Gasteiger partial charge in [-0.15, -0.1) is 11.3 Å². The zero-order chi connectivity index (χ0) is 23.8. The molecule has 33 heavy (non-hydrogen) atoms. The quantitative estimate of drug-likeness (QED) is 0.615. The highest BCUT2D eigenvalue weighted by Gasteiger charge is 2.48. The second-order valence-corrected chi connectivity index (χ2v) is 9.48. The predicted octanol–water partition coefficient (Wildman–Crippen LogP) is 2.58. The maximum Gasteiger partial charge on any atom is 0.433 e. The fourth-order valence-electron chi connectivity index (χ4n) is 3.75. The Balaban J connectivity index is 1.31. The Morgan fingerprint density at radius 1 is 1.21 bits per heavy atom. The second-order valence-electron chi connectivity index (χ2n) is 7.68. The van der Waals surface area contributed by atoms with Crippen LogP contribution in [-0.2, 0) is 28.9 Å². The van der Waals surface area contributed by atoms with Gasteiger partial charge in [0.05, 0.1) is 4.34 Å². The van der Waals surface area contributed by atoms with E-state index in [-0.39, 0.29) is 6.54 Å². The van der Waals surface area contributed by atoms with Crippen LogP contribution in [0.2, 0.25) is 4.34 Å². The van der Waals surface area contributed by atoms with Crippen LogP contribution in [0.1, 0.15) is 16.1 Å². The number of aromatic nitrogens is 1. The van der Waals surface area contributed by atoms with Gasteiger partial charge in [-0.1, -0.05) is 17.7 Å². The summed E-state index contributed by atoms with van der Waals surface area (Å²) in [6.07, 6.45) is -3.53. The maximum absolute atomic E-state index is 12.8. The minimum absolute atomic E-state index is 0.0789. The average molecular weight is 502 g/mol. The van der Waals surface area contributed by atoms with E-state index in [1.165, 1.54) is 22.3 Å². The van der Waals surface area contributed by atoms with Crippen molar-refractivity contribution in [2.45, 2.75) is 25.3 Å². The lowest BCUT2D eigenvalue weighted by atomic mass is 10.2. The van der Waals surface area contributed by atoms with E-state index in [1.54, 1.807) is 0 Å². The number of imide groups is 1. The molecule has 2 aromatic rings. The minimum Gasteiger partial charge on any atom is -0.350 e. The van der Waals surface area contributed by atoms with Gasteiger partial charge in [-0.3, -0.25) is 24.4 Å². The third-order valence-electron chi connectivity index (χ3n) is 5.41. The van der Waals surface area contributed by atoms with Gasteiger partial charge in [-0.25, -0.2) is 4.79 Å². The number of carbonyl (C=O) groups is 3. The minimum atomic E-state index is -4.54. The number of hydrogen-bond donors (Lipinski definition) is 1. The third kappa shape index (κ3) is 5.28. The summed E-state index contributed by atoms with van der Waals surface area (Å²) in [4.78, 5) is 46.6. The topological polar surface area (TPSA) is 85.9 Å². The fraction of sp³-hybridized carbons (Fsp3) is 0.400. The Labute approximate surface area is 195 Å². The number of amides is 4. The zero-order valence-corrected chi connectivity index (χ0v) is 18.7. The van der Waals surface area contributed by atoms with E-state index < -0.39 is 42.3 Å². The molecule has 1 N–H and O–H groups in total. The standard InChI is InChI=1S/C20H19ClF3N5O3S/c21-16-4-2-13(33-16)9-27-5-6-28-14(10-27)18(31)29(19(28)32)11-17(30)26-8-12-1-3-15(25-7-12)20(22,23)24/h1-4,7,14H,5-6,8-11H2,(H,26,30). The molecule has 0 aromatic carbocycles. The van der Waals surface area contributed by atoms with Gasteiger partial charge >= 0.3 is 12.2 Å². The molecular formula is C20H19ClF3N5O3S. The van der Waals surface area contributed by atoms with E-state index >= 15 is 0 Å².